The Labute approximate surface area is 187 Å². The Kier molecular flexibility index (Phi) is 7.00. The number of benzene rings is 3. The van der Waals surface area contributed by atoms with E-state index < -0.39 is 0 Å². The highest BCUT2D eigenvalue weighted by Crippen LogP contribution is 2.25. The van der Waals surface area contributed by atoms with Gasteiger partial charge in [-0.15, -0.1) is 0 Å². The molecule has 0 aromatic heterocycles. The molecule has 6 heteroatoms. The zero-order valence-corrected chi connectivity index (χ0v) is 17.9. The number of amides is 2. The van der Waals surface area contributed by atoms with Gasteiger partial charge in [0.05, 0.1) is 6.61 Å². The molecule has 32 heavy (non-hydrogen) atoms. The molecule has 0 bridgehead atoms. The number of rotatable bonds is 7. The summed E-state index contributed by atoms with van der Waals surface area (Å²) in [6.45, 7) is 1.73. The standard InChI is InChI=1S/C26H27FN2O3/c27-21-12-10-20(11-13-21)26(31)28-22-14-16-29(17-15-22)25(30)9-4-18-32-24-8-3-6-19-5-1-2-7-23(19)24/h1-3,5-8,10-13,22H,4,9,14-18H2,(H,28,31). The second-order valence-electron chi connectivity index (χ2n) is 8.06. The molecule has 166 valence electrons. The maximum Gasteiger partial charge on any atom is 0.251 e. The van der Waals surface area contributed by atoms with Gasteiger partial charge in [-0.2, -0.15) is 0 Å². The van der Waals surface area contributed by atoms with Gasteiger partial charge in [-0.3, -0.25) is 9.59 Å². The molecule has 0 radical (unpaired) electrons. The van der Waals surface area contributed by atoms with Gasteiger partial charge in [-0.05, 0) is 55.0 Å². The molecule has 5 nitrogen and oxygen atoms in total. The Morgan fingerprint density at radius 1 is 0.969 bits per heavy atom. The van der Waals surface area contributed by atoms with Crippen LogP contribution in [-0.4, -0.2) is 42.5 Å². The van der Waals surface area contributed by atoms with E-state index in [0.717, 1.165) is 16.5 Å². The van der Waals surface area contributed by atoms with Crippen molar-refractivity contribution in [3.05, 3.63) is 78.1 Å². The van der Waals surface area contributed by atoms with Gasteiger partial charge in [-0.1, -0.05) is 36.4 Å². The summed E-state index contributed by atoms with van der Waals surface area (Å²) >= 11 is 0. The third-order valence-electron chi connectivity index (χ3n) is 5.83. The average molecular weight is 435 g/mol. The lowest BCUT2D eigenvalue weighted by Crippen LogP contribution is -2.46. The van der Waals surface area contributed by atoms with Crippen molar-refractivity contribution < 1.29 is 18.7 Å². The molecule has 1 heterocycles. The van der Waals surface area contributed by atoms with Crippen molar-refractivity contribution in [3.63, 3.8) is 0 Å². The van der Waals surface area contributed by atoms with E-state index in [1.165, 1.54) is 24.3 Å². The van der Waals surface area contributed by atoms with E-state index in [1.54, 1.807) is 0 Å². The first-order valence-corrected chi connectivity index (χ1v) is 11.0. The molecule has 0 saturated carbocycles. The highest BCUT2D eigenvalue weighted by molar-refractivity contribution is 5.94. The van der Waals surface area contributed by atoms with Crippen molar-refractivity contribution in [2.75, 3.05) is 19.7 Å². The summed E-state index contributed by atoms with van der Waals surface area (Å²) < 4.78 is 18.9. The summed E-state index contributed by atoms with van der Waals surface area (Å²) in [5, 5.41) is 5.19. The second-order valence-corrected chi connectivity index (χ2v) is 8.06. The Morgan fingerprint density at radius 3 is 2.47 bits per heavy atom. The monoisotopic (exact) mass is 434 g/mol. The second kappa shape index (κ2) is 10.3. The van der Waals surface area contributed by atoms with Crippen molar-refractivity contribution in [2.24, 2.45) is 0 Å². The minimum Gasteiger partial charge on any atom is -0.493 e. The van der Waals surface area contributed by atoms with Crippen LogP contribution in [0.2, 0.25) is 0 Å². The lowest BCUT2D eigenvalue weighted by molar-refractivity contribution is -0.132. The fourth-order valence-electron chi connectivity index (χ4n) is 4.03. The molecule has 1 saturated heterocycles. The lowest BCUT2D eigenvalue weighted by atomic mass is 10.0. The lowest BCUT2D eigenvalue weighted by Gasteiger charge is -2.32. The van der Waals surface area contributed by atoms with Crippen LogP contribution in [0, 0.1) is 5.82 Å². The van der Waals surface area contributed by atoms with Gasteiger partial charge in [0, 0.05) is 36.5 Å². The van der Waals surface area contributed by atoms with Crippen molar-refractivity contribution in [3.8, 4) is 5.75 Å². The smallest absolute Gasteiger partial charge is 0.251 e. The molecule has 3 aromatic rings. The molecule has 2 amide bonds. The average Bonchev–Trinajstić information content (AvgIpc) is 2.82. The van der Waals surface area contributed by atoms with Crippen molar-refractivity contribution in [1.29, 1.82) is 0 Å². The largest absolute Gasteiger partial charge is 0.493 e. The number of ether oxygens (including phenoxy) is 1. The number of likely N-dealkylation sites (tertiary alicyclic amines) is 1. The van der Waals surface area contributed by atoms with Crippen LogP contribution in [0.25, 0.3) is 10.8 Å². The maximum atomic E-state index is 13.0. The van der Waals surface area contributed by atoms with Gasteiger partial charge < -0.3 is 15.0 Å². The third kappa shape index (κ3) is 5.44. The molecule has 1 aliphatic heterocycles. The summed E-state index contributed by atoms with van der Waals surface area (Å²) in [5.41, 5.74) is 0.441. The zero-order chi connectivity index (χ0) is 22.3. The topological polar surface area (TPSA) is 58.6 Å². The van der Waals surface area contributed by atoms with Crippen molar-refractivity contribution in [2.45, 2.75) is 31.7 Å². The van der Waals surface area contributed by atoms with Crippen LogP contribution in [0.5, 0.6) is 5.75 Å². The van der Waals surface area contributed by atoms with Crippen molar-refractivity contribution >= 4 is 22.6 Å². The molecule has 3 aromatic carbocycles. The molecule has 0 spiro atoms. The minimum absolute atomic E-state index is 0.0197. The summed E-state index contributed by atoms with van der Waals surface area (Å²) in [6, 6.07) is 19.6. The van der Waals surface area contributed by atoms with Crippen LogP contribution in [0.1, 0.15) is 36.0 Å². The Hall–Kier alpha value is -3.41. The molecule has 1 aliphatic rings. The number of halogens is 1. The quantitative estimate of drug-likeness (QED) is 0.555. The number of hydrogen-bond donors (Lipinski definition) is 1. The Bertz CT molecular complexity index is 1070. The van der Waals surface area contributed by atoms with Crippen LogP contribution in [0.15, 0.2) is 66.7 Å². The number of nitrogens with zero attached hydrogens (tertiary/aromatic N) is 1. The Balaban J connectivity index is 1.18. The van der Waals surface area contributed by atoms with E-state index in [2.05, 4.69) is 17.4 Å². The highest BCUT2D eigenvalue weighted by Gasteiger charge is 2.24. The third-order valence-corrected chi connectivity index (χ3v) is 5.83. The molecular formula is C26H27FN2O3. The van der Waals surface area contributed by atoms with Crippen LogP contribution in [0.4, 0.5) is 4.39 Å². The van der Waals surface area contributed by atoms with Crippen molar-refractivity contribution in [1.82, 2.24) is 10.2 Å². The van der Waals surface area contributed by atoms with Gasteiger partial charge in [0.15, 0.2) is 0 Å². The van der Waals surface area contributed by atoms with Crippen LogP contribution >= 0.6 is 0 Å². The normalized spacial score (nSPS) is 14.3. The van der Waals surface area contributed by atoms with E-state index in [4.69, 9.17) is 4.74 Å². The first-order chi connectivity index (χ1) is 15.6. The zero-order valence-electron chi connectivity index (χ0n) is 17.9. The first kappa shape index (κ1) is 21.8. The summed E-state index contributed by atoms with van der Waals surface area (Å²) in [6.07, 6.45) is 2.52. The predicted molar refractivity (Wildman–Crippen MR) is 122 cm³/mol. The molecule has 1 N–H and O–H groups in total. The van der Waals surface area contributed by atoms with Gasteiger partial charge in [0.2, 0.25) is 5.91 Å². The van der Waals surface area contributed by atoms with Crippen LogP contribution < -0.4 is 10.1 Å². The molecule has 1 fully saturated rings. The highest BCUT2D eigenvalue weighted by atomic mass is 19.1. The summed E-state index contributed by atoms with van der Waals surface area (Å²) in [7, 11) is 0. The van der Waals surface area contributed by atoms with E-state index in [9.17, 15) is 14.0 Å². The number of carbonyl (C=O) groups excluding carboxylic acids is 2. The number of carbonyl (C=O) groups is 2. The summed E-state index contributed by atoms with van der Waals surface area (Å²) in [4.78, 5) is 26.7. The molecule has 0 unspecified atom stereocenters. The molecule has 0 aliphatic carbocycles. The van der Waals surface area contributed by atoms with E-state index >= 15 is 0 Å². The molecule has 4 rings (SSSR count). The first-order valence-electron chi connectivity index (χ1n) is 11.0. The molecule has 0 atom stereocenters. The van der Waals surface area contributed by atoms with E-state index in [1.807, 2.05) is 35.2 Å². The fraction of sp³-hybridized carbons (Fsp3) is 0.308. The van der Waals surface area contributed by atoms with Gasteiger partial charge in [0.1, 0.15) is 11.6 Å². The van der Waals surface area contributed by atoms with Gasteiger partial charge >= 0.3 is 0 Å². The number of fused-ring (bicyclic) bond motifs is 1. The minimum atomic E-state index is -0.365. The van der Waals surface area contributed by atoms with Crippen LogP contribution in [-0.2, 0) is 4.79 Å². The Morgan fingerprint density at radius 2 is 1.69 bits per heavy atom. The summed E-state index contributed by atoms with van der Waals surface area (Å²) in [5.74, 6) is 0.388. The van der Waals surface area contributed by atoms with Crippen LogP contribution in [0.3, 0.4) is 0 Å². The maximum absolute atomic E-state index is 13.0. The number of piperidine rings is 1. The van der Waals surface area contributed by atoms with E-state index in [0.29, 0.717) is 50.9 Å². The fourth-order valence-corrected chi connectivity index (χ4v) is 4.03. The van der Waals surface area contributed by atoms with Gasteiger partial charge in [-0.25, -0.2) is 4.39 Å². The van der Waals surface area contributed by atoms with E-state index in [-0.39, 0.29) is 23.7 Å². The molecular weight excluding hydrogens is 407 g/mol. The van der Waals surface area contributed by atoms with Gasteiger partial charge in [0.25, 0.3) is 5.91 Å². The predicted octanol–water partition coefficient (Wildman–Crippen LogP) is 4.56. The number of hydrogen-bond acceptors (Lipinski definition) is 3. The SMILES string of the molecule is O=C(NC1CCN(C(=O)CCCOc2cccc3ccccc23)CC1)c1ccc(F)cc1. The number of nitrogens with one attached hydrogen (secondary N) is 1.